The van der Waals surface area contributed by atoms with Crippen molar-refractivity contribution in [2.24, 2.45) is 11.7 Å². The third-order valence-electron chi connectivity index (χ3n) is 4.00. The second-order valence-electron chi connectivity index (χ2n) is 6.38. The summed E-state index contributed by atoms with van der Waals surface area (Å²) in [5, 5.41) is 3.00. The highest BCUT2D eigenvalue weighted by atomic mass is 16.2. The summed E-state index contributed by atoms with van der Waals surface area (Å²) < 4.78 is 0. The summed E-state index contributed by atoms with van der Waals surface area (Å²) in [4.78, 5) is 14.2. The van der Waals surface area contributed by atoms with E-state index in [0.29, 0.717) is 12.5 Å². The van der Waals surface area contributed by atoms with Gasteiger partial charge in [0.25, 0.3) is 0 Å². The van der Waals surface area contributed by atoms with E-state index >= 15 is 0 Å². The van der Waals surface area contributed by atoms with Crippen LogP contribution in [0.5, 0.6) is 0 Å². The second-order valence-corrected chi connectivity index (χ2v) is 6.38. The van der Waals surface area contributed by atoms with E-state index in [1.54, 1.807) is 0 Å². The zero-order valence-corrected chi connectivity index (χ0v) is 13.4. The molecule has 0 bridgehead atoms. The fourth-order valence-electron chi connectivity index (χ4n) is 2.67. The number of hydrogen-bond acceptors (Lipinski definition) is 3. The van der Waals surface area contributed by atoms with E-state index < -0.39 is 0 Å². The van der Waals surface area contributed by atoms with Gasteiger partial charge in [-0.15, -0.1) is 0 Å². The van der Waals surface area contributed by atoms with Gasteiger partial charge in [0.05, 0.1) is 6.54 Å². The number of anilines is 1. The lowest BCUT2D eigenvalue weighted by Crippen LogP contribution is -2.37. The van der Waals surface area contributed by atoms with Crippen LogP contribution in [0.3, 0.4) is 0 Å². The monoisotopic (exact) mass is 289 g/mol. The third-order valence-corrected chi connectivity index (χ3v) is 4.00. The van der Waals surface area contributed by atoms with Crippen molar-refractivity contribution in [2.75, 3.05) is 24.5 Å². The van der Waals surface area contributed by atoms with Crippen molar-refractivity contribution in [3.05, 3.63) is 29.3 Å². The summed E-state index contributed by atoms with van der Waals surface area (Å²) in [6, 6.07) is 6.40. The van der Waals surface area contributed by atoms with Gasteiger partial charge < -0.3 is 16.0 Å². The molecule has 4 nitrogen and oxygen atoms in total. The van der Waals surface area contributed by atoms with E-state index in [1.165, 1.54) is 11.3 Å². The molecule has 2 rings (SSSR count). The summed E-state index contributed by atoms with van der Waals surface area (Å²) in [5.74, 6) is 0.731. The van der Waals surface area contributed by atoms with Gasteiger partial charge >= 0.3 is 0 Å². The molecule has 1 amide bonds. The molecule has 1 aromatic rings. The molecule has 0 aromatic heterocycles. The maximum Gasteiger partial charge on any atom is 0.239 e. The average molecular weight is 289 g/mol. The minimum absolute atomic E-state index is 0.0590. The van der Waals surface area contributed by atoms with Crippen molar-refractivity contribution < 1.29 is 4.79 Å². The molecule has 0 fully saturated rings. The molecule has 116 valence electrons. The number of nitrogens with two attached hydrogens (primary N) is 1. The summed E-state index contributed by atoms with van der Waals surface area (Å²) in [5.41, 5.74) is 9.57. The smallest absolute Gasteiger partial charge is 0.239 e. The predicted octanol–water partition coefficient (Wildman–Crippen LogP) is 2.23. The first-order chi connectivity index (χ1) is 9.97. The van der Waals surface area contributed by atoms with Gasteiger partial charge in [-0.05, 0) is 42.9 Å². The number of carbonyl (C=O) groups excluding carboxylic acids is 1. The molecule has 1 atom stereocenters. The zero-order valence-electron chi connectivity index (χ0n) is 13.4. The van der Waals surface area contributed by atoms with Gasteiger partial charge in [0.2, 0.25) is 5.91 Å². The van der Waals surface area contributed by atoms with E-state index in [0.717, 1.165) is 31.5 Å². The van der Waals surface area contributed by atoms with Crippen molar-refractivity contribution in [3.63, 3.8) is 0 Å². The number of benzene rings is 1. The SMILES string of the molecule is CC(C)CCNC(=O)CN1CCc2cc(C(C)N)ccc21. The van der Waals surface area contributed by atoms with Gasteiger partial charge in [-0.3, -0.25) is 4.79 Å². The van der Waals surface area contributed by atoms with Crippen molar-refractivity contribution in [3.8, 4) is 0 Å². The van der Waals surface area contributed by atoms with E-state index in [9.17, 15) is 4.79 Å². The molecular weight excluding hydrogens is 262 g/mol. The van der Waals surface area contributed by atoms with Gasteiger partial charge in [0.1, 0.15) is 0 Å². The lowest BCUT2D eigenvalue weighted by molar-refractivity contribution is -0.119. The Bertz CT molecular complexity index is 497. The zero-order chi connectivity index (χ0) is 15.4. The lowest BCUT2D eigenvalue weighted by atomic mass is 10.0. The Morgan fingerprint density at radius 3 is 2.81 bits per heavy atom. The number of rotatable bonds is 6. The highest BCUT2D eigenvalue weighted by Gasteiger charge is 2.21. The summed E-state index contributed by atoms with van der Waals surface area (Å²) in [7, 11) is 0. The van der Waals surface area contributed by atoms with Crippen molar-refractivity contribution in [2.45, 2.75) is 39.7 Å². The van der Waals surface area contributed by atoms with Gasteiger partial charge in [0.15, 0.2) is 0 Å². The van der Waals surface area contributed by atoms with Crippen LogP contribution < -0.4 is 16.0 Å². The van der Waals surface area contributed by atoms with E-state index in [-0.39, 0.29) is 11.9 Å². The largest absolute Gasteiger partial charge is 0.362 e. The number of carbonyl (C=O) groups is 1. The quantitative estimate of drug-likeness (QED) is 0.844. The van der Waals surface area contributed by atoms with Crippen LogP contribution in [0, 0.1) is 5.92 Å². The Labute approximate surface area is 127 Å². The second kappa shape index (κ2) is 6.94. The Kier molecular flexibility index (Phi) is 5.23. The maximum absolute atomic E-state index is 12.0. The normalized spacial score (nSPS) is 15.2. The number of hydrogen-bond donors (Lipinski definition) is 2. The molecule has 1 aliphatic rings. The first-order valence-corrected chi connectivity index (χ1v) is 7.87. The average Bonchev–Trinajstić information content (AvgIpc) is 2.80. The molecule has 3 N–H and O–H groups in total. The molecule has 0 saturated carbocycles. The molecule has 0 spiro atoms. The van der Waals surface area contributed by atoms with Crippen LogP contribution in [0.4, 0.5) is 5.69 Å². The van der Waals surface area contributed by atoms with Crippen LogP contribution >= 0.6 is 0 Å². The van der Waals surface area contributed by atoms with Crippen LogP contribution in [-0.2, 0) is 11.2 Å². The highest BCUT2D eigenvalue weighted by molar-refractivity contribution is 5.82. The summed E-state index contributed by atoms with van der Waals surface area (Å²) in [6.07, 6.45) is 2.02. The summed E-state index contributed by atoms with van der Waals surface area (Å²) in [6.45, 7) is 8.45. The first kappa shape index (κ1) is 15.8. The van der Waals surface area contributed by atoms with Crippen molar-refractivity contribution in [1.82, 2.24) is 5.32 Å². The third kappa shape index (κ3) is 4.21. The Morgan fingerprint density at radius 1 is 1.38 bits per heavy atom. The van der Waals surface area contributed by atoms with E-state index in [2.05, 4.69) is 42.3 Å². The van der Waals surface area contributed by atoms with Crippen LogP contribution in [0.2, 0.25) is 0 Å². The van der Waals surface area contributed by atoms with Gasteiger partial charge in [0, 0.05) is 24.8 Å². The molecule has 0 radical (unpaired) electrons. The molecule has 21 heavy (non-hydrogen) atoms. The van der Waals surface area contributed by atoms with E-state index in [4.69, 9.17) is 5.73 Å². The Morgan fingerprint density at radius 2 is 2.14 bits per heavy atom. The number of amides is 1. The fourth-order valence-corrected chi connectivity index (χ4v) is 2.67. The maximum atomic E-state index is 12.0. The molecule has 1 unspecified atom stereocenters. The fraction of sp³-hybridized carbons (Fsp3) is 0.588. The van der Waals surface area contributed by atoms with E-state index in [1.807, 2.05) is 6.92 Å². The minimum Gasteiger partial charge on any atom is -0.362 e. The van der Waals surface area contributed by atoms with Crippen LogP contribution in [0.15, 0.2) is 18.2 Å². The minimum atomic E-state index is 0.0590. The molecule has 0 saturated heterocycles. The lowest BCUT2D eigenvalue weighted by Gasteiger charge is -2.19. The number of fused-ring (bicyclic) bond motifs is 1. The molecule has 1 aliphatic heterocycles. The van der Waals surface area contributed by atoms with Gasteiger partial charge in [-0.1, -0.05) is 26.0 Å². The van der Waals surface area contributed by atoms with Crippen molar-refractivity contribution in [1.29, 1.82) is 0 Å². The summed E-state index contributed by atoms with van der Waals surface area (Å²) >= 11 is 0. The standard InChI is InChI=1S/C17H27N3O/c1-12(2)6-8-19-17(21)11-20-9-7-15-10-14(13(3)18)4-5-16(15)20/h4-5,10,12-13H,6-9,11,18H2,1-3H3,(H,19,21). The molecule has 1 aromatic carbocycles. The Balaban J connectivity index is 1.92. The van der Waals surface area contributed by atoms with Crippen molar-refractivity contribution >= 4 is 11.6 Å². The van der Waals surface area contributed by atoms with Crippen LogP contribution in [-0.4, -0.2) is 25.5 Å². The molecule has 4 heteroatoms. The molecule has 1 heterocycles. The van der Waals surface area contributed by atoms with Gasteiger partial charge in [-0.2, -0.15) is 0 Å². The highest BCUT2D eigenvalue weighted by Crippen LogP contribution is 2.29. The number of nitrogens with one attached hydrogen (secondary N) is 1. The molecule has 0 aliphatic carbocycles. The topological polar surface area (TPSA) is 58.4 Å². The number of nitrogens with zero attached hydrogens (tertiary/aromatic N) is 1. The Hall–Kier alpha value is -1.55. The predicted molar refractivity (Wildman–Crippen MR) is 87.4 cm³/mol. The van der Waals surface area contributed by atoms with Gasteiger partial charge in [-0.25, -0.2) is 0 Å². The molecular formula is C17H27N3O. The first-order valence-electron chi connectivity index (χ1n) is 7.87. The van der Waals surface area contributed by atoms with Crippen LogP contribution in [0.25, 0.3) is 0 Å². The van der Waals surface area contributed by atoms with Crippen LogP contribution in [0.1, 0.15) is 44.4 Å².